The Balaban J connectivity index is 0.00000300. The fourth-order valence-electron chi connectivity index (χ4n) is 3.40. The van der Waals surface area contributed by atoms with Gasteiger partial charge >= 0.3 is 0 Å². The molecule has 1 heterocycles. The number of hydrogen-bond donors (Lipinski definition) is 0. The minimum atomic E-state index is -3.65. The molecule has 2 aromatic rings. The highest BCUT2D eigenvalue weighted by atomic mass is 35.5. The third kappa shape index (κ3) is 5.36. The lowest BCUT2D eigenvalue weighted by molar-refractivity contribution is -0.116. The molecule has 29 heavy (non-hydrogen) atoms. The van der Waals surface area contributed by atoms with E-state index < -0.39 is 10.0 Å². The fourth-order valence-corrected chi connectivity index (χ4v) is 4.87. The normalized spacial score (nSPS) is 13.5. The molecule has 1 aliphatic heterocycles. The monoisotopic (exact) mass is 437 g/mol. The van der Waals surface area contributed by atoms with Gasteiger partial charge in [-0.15, -0.1) is 12.4 Å². The molecule has 1 aliphatic rings. The van der Waals surface area contributed by atoms with Gasteiger partial charge in [0.05, 0.1) is 4.90 Å². The Morgan fingerprint density at radius 2 is 1.76 bits per heavy atom. The highest BCUT2D eigenvalue weighted by Crippen LogP contribution is 2.31. The molecule has 0 unspecified atom stereocenters. The Morgan fingerprint density at radius 3 is 2.38 bits per heavy atom. The van der Waals surface area contributed by atoms with Crippen molar-refractivity contribution in [2.75, 3.05) is 38.6 Å². The van der Waals surface area contributed by atoms with Gasteiger partial charge in [-0.25, -0.2) is 8.42 Å². The SMILES string of the molecule is CC(=O)N1CCc2cc(S(=O)(=O)N(CCN(C)C)Cc3ccccc3)ccc21.Cl. The smallest absolute Gasteiger partial charge is 0.243 e. The van der Waals surface area contributed by atoms with Crippen LogP contribution in [0.5, 0.6) is 0 Å². The first kappa shape index (κ1) is 23.3. The lowest BCUT2D eigenvalue weighted by Crippen LogP contribution is -2.36. The Morgan fingerprint density at radius 1 is 1.07 bits per heavy atom. The largest absolute Gasteiger partial charge is 0.312 e. The van der Waals surface area contributed by atoms with Crippen molar-refractivity contribution in [3.63, 3.8) is 0 Å². The molecule has 0 saturated heterocycles. The van der Waals surface area contributed by atoms with E-state index in [0.717, 1.165) is 16.8 Å². The van der Waals surface area contributed by atoms with Crippen molar-refractivity contribution in [2.45, 2.75) is 24.8 Å². The number of fused-ring (bicyclic) bond motifs is 1. The second-order valence-corrected chi connectivity index (χ2v) is 9.28. The van der Waals surface area contributed by atoms with E-state index in [0.29, 0.717) is 32.6 Å². The van der Waals surface area contributed by atoms with Gasteiger partial charge in [0.2, 0.25) is 15.9 Å². The number of amides is 1. The summed E-state index contributed by atoms with van der Waals surface area (Å²) in [6.07, 6.45) is 0.675. The number of halogens is 1. The highest BCUT2D eigenvalue weighted by molar-refractivity contribution is 7.89. The van der Waals surface area contributed by atoms with Crippen molar-refractivity contribution in [2.24, 2.45) is 0 Å². The third-order valence-corrected chi connectivity index (χ3v) is 6.80. The summed E-state index contributed by atoms with van der Waals surface area (Å²) in [6, 6.07) is 14.7. The fraction of sp³-hybridized carbons (Fsp3) is 0.381. The van der Waals surface area contributed by atoms with Crippen molar-refractivity contribution in [3.05, 3.63) is 59.7 Å². The Kier molecular flexibility index (Phi) is 7.82. The minimum Gasteiger partial charge on any atom is -0.312 e. The van der Waals surface area contributed by atoms with E-state index in [4.69, 9.17) is 0 Å². The molecule has 2 aromatic carbocycles. The van der Waals surface area contributed by atoms with Crippen molar-refractivity contribution in [1.82, 2.24) is 9.21 Å². The van der Waals surface area contributed by atoms with Crippen LogP contribution in [-0.2, 0) is 27.8 Å². The van der Waals surface area contributed by atoms with Crippen LogP contribution in [0, 0.1) is 0 Å². The average molecular weight is 438 g/mol. The van der Waals surface area contributed by atoms with Gasteiger partial charge in [0.15, 0.2) is 0 Å². The van der Waals surface area contributed by atoms with Crippen molar-refractivity contribution >= 4 is 34.0 Å². The quantitative estimate of drug-likeness (QED) is 0.668. The second-order valence-electron chi connectivity index (χ2n) is 7.34. The van der Waals surface area contributed by atoms with Gasteiger partial charge in [-0.05, 0) is 49.8 Å². The molecule has 158 valence electrons. The van der Waals surface area contributed by atoms with Gasteiger partial charge in [-0.3, -0.25) is 4.79 Å². The maximum Gasteiger partial charge on any atom is 0.243 e. The predicted octanol–water partition coefficient (Wildman–Crippen LogP) is 2.77. The molecule has 0 N–H and O–H groups in total. The number of carbonyl (C=O) groups is 1. The molecule has 0 atom stereocenters. The number of likely N-dealkylation sites (N-methyl/N-ethyl adjacent to an activating group) is 1. The standard InChI is InChI=1S/C21H27N3O3S.ClH/c1-17(25)24-12-11-19-15-20(9-10-21(19)24)28(26,27)23(14-13-22(2)3)16-18-7-5-4-6-8-18;/h4-10,15H,11-14,16H2,1-3H3;1H. The molecular weight excluding hydrogens is 410 g/mol. The summed E-state index contributed by atoms with van der Waals surface area (Å²) in [6.45, 7) is 3.49. The molecule has 0 fully saturated rings. The van der Waals surface area contributed by atoms with Crippen LogP contribution in [0.3, 0.4) is 0 Å². The van der Waals surface area contributed by atoms with Crippen LogP contribution in [-0.4, -0.2) is 57.3 Å². The van der Waals surface area contributed by atoms with Gasteiger partial charge in [-0.1, -0.05) is 30.3 Å². The Labute approximate surface area is 179 Å². The summed E-state index contributed by atoms with van der Waals surface area (Å²) >= 11 is 0. The zero-order valence-corrected chi connectivity index (χ0v) is 18.7. The Bertz CT molecular complexity index is 949. The van der Waals surface area contributed by atoms with Gasteiger partial charge in [0, 0.05) is 38.8 Å². The molecule has 6 nitrogen and oxygen atoms in total. The first-order chi connectivity index (χ1) is 13.3. The summed E-state index contributed by atoms with van der Waals surface area (Å²) in [4.78, 5) is 15.7. The van der Waals surface area contributed by atoms with Gasteiger partial charge < -0.3 is 9.80 Å². The van der Waals surface area contributed by atoms with Crippen molar-refractivity contribution in [3.8, 4) is 0 Å². The third-order valence-electron chi connectivity index (χ3n) is 4.96. The number of nitrogens with zero attached hydrogens (tertiary/aromatic N) is 3. The number of rotatable bonds is 7. The Hall–Kier alpha value is -1.93. The zero-order chi connectivity index (χ0) is 20.3. The van der Waals surface area contributed by atoms with Crippen LogP contribution >= 0.6 is 12.4 Å². The highest BCUT2D eigenvalue weighted by Gasteiger charge is 2.28. The summed E-state index contributed by atoms with van der Waals surface area (Å²) in [5.41, 5.74) is 2.67. The summed E-state index contributed by atoms with van der Waals surface area (Å²) in [5.74, 6) is -0.0222. The van der Waals surface area contributed by atoms with Crippen LogP contribution in [0.4, 0.5) is 5.69 Å². The van der Waals surface area contributed by atoms with Crippen LogP contribution in [0.25, 0.3) is 0 Å². The molecule has 0 saturated carbocycles. The van der Waals surface area contributed by atoms with Crippen LogP contribution in [0.2, 0.25) is 0 Å². The molecule has 0 aromatic heterocycles. The van der Waals surface area contributed by atoms with Crippen LogP contribution in [0.15, 0.2) is 53.4 Å². The molecule has 0 spiro atoms. The van der Waals surface area contributed by atoms with Crippen molar-refractivity contribution in [1.29, 1.82) is 0 Å². The zero-order valence-electron chi connectivity index (χ0n) is 17.0. The van der Waals surface area contributed by atoms with Crippen molar-refractivity contribution < 1.29 is 13.2 Å². The molecule has 1 amide bonds. The predicted molar refractivity (Wildman–Crippen MR) is 118 cm³/mol. The summed E-state index contributed by atoms with van der Waals surface area (Å²) in [5, 5.41) is 0. The number of carbonyl (C=O) groups excluding carboxylic acids is 1. The molecule has 8 heteroatoms. The molecule has 3 rings (SSSR count). The number of sulfonamides is 1. The van der Waals surface area contributed by atoms with Gasteiger partial charge in [-0.2, -0.15) is 4.31 Å². The average Bonchev–Trinajstić information content (AvgIpc) is 3.09. The van der Waals surface area contributed by atoms with E-state index >= 15 is 0 Å². The molecule has 0 bridgehead atoms. The van der Waals surface area contributed by atoms with Gasteiger partial charge in [0.1, 0.15) is 0 Å². The van der Waals surface area contributed by atoms with E-state index in [-0.39, 0.29) is 23.2 Å². The van der Waals surface area contributed by atoms with Crippen LogP contribution in [0.1, 0.15) is 18.1 Å². The number of anilines is 1. The van der Waals surface area contributed by atoms with E-state index in [1.807, 2.05) is 49.3 Å². The molecule has 0 radical (unpaired) electrons. The van der Waals surface area contributed by atoms with E-state index in [9.17, 15) is 13.2 Å². The second kappa shape index (κ2) is 9.71. The topological polar surface area (TPSA) is 60.9 Å². The number of hydrogen-bond acceptors (Lipinski definition) is 4. The van der Waals surface area contributed by atoms with E-state index in [1.165, 1.54) is 11.2 Å². The molecule has 0 aliphatic carbocycles. The van der Waals surface area contributed by atoms with E-state index in [1.54, 1.807) is 23.1 Å². The first-order valence-corrected chi connectivity index (χ1v) is 10.8. The lowest BCUT2D eigenvalue weighted by Gasteiger charge is -2.24. The lowest BCUT2D eigenvalue weighted by atomic mass is 10.2. The number of benzene rings is 2. The minimum absolute atomic E-state index is 0. The van der Waals surface area contributed by atoms with Gasteiger partial charge in [0.25, 0.3) is 0 Å². The molecular formula is C21H28ClN3O3S. The van der Waals surface area contributed by atoms with E-state index in [2.05, 4.69) is 0 Å². The van der Waals surface area contributed by atoms with Crippen LogP contribution < -0.4 is 4.90 Å². The maximum atomic E-state index is 13.4. The maximum absolute atomic E-state index is 13.4. The first-order valence-electron chi connectivity index (χ1n) is 9.39. The summed E-state index contributed by atoms with van der Waals surface area (Å²) < 4.78 is 28.3. The summed E-state index contributed by atoms with van der Waals surface area (Å²) in [7, 11) is 0.208.